The molecule has 20 heavy (non-hydrogen) atoms. The summed E-state index contributed by atoms with van der Waals surface area (Å²) in [5, 5.41) is 8.47. The Morgan fingerprint density at radius 3 is 2.75 bits per heavy atom. The van der Waals surface area contributed by atoms with E-state index in [1.54, 1.807) is 24.3 Å². The summed E-state index contributed by atoms with van der Waals surface area (Å²) in [7, 11) is -3.69. The van der Waals surface area contributed by atoms with E-state index in [9.17, 15) is 13.2 Å². The van der Waals surface area contributed by atoms with Gasteiger partial charge in [-0.2, -0.15) is 5.26 Å². The first kappa shape index (κ1) is 16.6. The SMILES string of the molecule is C[C@@H](C#N)OC(=O)CCNS(=O)(=O)c1ccccc1Br. The molecule has 0 aromatic heterocycles. The van der Waals surface area contributed by atoms with Crippen molar-refractivity contribution in [3.63, 3.8) is 0 Å². The Morgan fingerprint density at radius 1 is 1.50 bits per heavy atom. The molecule has 0 saturated carbocycles. The molecule has 0 heterocycles. The van der Waals surface area contributed by atoms with E-state index in [-0.39, 0.29) is 17.9 Å². The summed E-state index contributed by atoms with van der Waals surface area (Å²) in [4.78, 5) is 11.4. The Balaban J connectivity index is 2.56. The summed E-state index contributed by atoms with van der Waals surface area (Å²) < 4.78 is 31.4. The zero-order valence-electron chi connectivity index (χ0n) is 10.7. The summed E-state index contributed by atoms with van der Waals surface area (Å²) in [5.41, 5.74) is 0. The molecule has 1 N–H and O–H groups in total. The van der Waals surface area contributed by atoms with Gasteiger partial charge in [0.25, 0.3) is 0 Å². The zero-order chi connectivity index (χ0) is 15.2. The lowest BCUT2D eigenvalue weighted by Crippen LogP contribution is -2.27. The van der Waals surface area contributed by atoms with Gasteiger partial charge in [-0.3, -0.25) is 4.79 Å². The summed E-state index contributed by atoms with van der Waals surface area (Å²) >= 11 is 3.15. The summed E-state index contributed by atoms with van der Waals surface area (Å²) in [6.45, 7) is 1.34. The van der Waals surface area contributed by atoms with Gasteiger partial charge < -0.3 is 4.74 Å². The van der Waals surface area contributed by atoms with Crippen LogP contribution in [0, 0.1) is 11.3 Å². The second kappa shape index (κ2) is 7.38. The van der Waals surface area contributed by atoms with Crippen molar-refractivity contribution in [3.05, 3.63) is 28.7 Å². The van der Waals surface area contributed by atoms with Gasteiger partial charge in [0.1, 0.15) is 6.07 Å². The predicted octanol–water partition coefficient (Wildman–Crippen LogP) is 1.57. The Morgan fingerprint density at radius 2 is 2.15 bits per heavy atom. The van der Waals surface area contributed by atoms with Crippen LogP contribution in [-0.4, -0.2) is 27.0 Å². The molecule has 0 aliphatic carbocycles. The highest BCUT2D eigenvalue weighted by Gasteiger charge is 2.17. The van der Waals surface area contributed by atoms with Crippen LogP contribution in [0.3, 0.4) is 0 Å². The van der Waals surface area contributed by atoms with E-state index in [4.69, 9.17) is 10.00 Å². The van der Waals surface area contributed by atoms with Crippen molar-refractivity contribution in [1.82, 2.24) is 4.72 Å². The van der Waals surface area contributed by atoms with Crippen LogP contribution < -0.4 is 4.72 Å². The fraction of sp³-hybridized carbons (Fsp3) is 0.333. The molecule has 0 fully saturated rings. The van der Waals surface area contributed by atoms with Crippen LogP contribution >= 0.6 is 15.9 Å². The molecule has 1 aromatic rings. The van der Waals surface area contributed by atoms with E-state index in [0.717, 1.165) is 0 Å². The van der Waals surface area contributed by atoms with Crippen molar-refractivity contribution >= 4 is 31.9 Å². The van der Waals surface area contributed by atoms with Gasteiger partial charge in [0.2, 0.25) is 10.0 Å². The van der Waals surface area contributed by atoms with E-state index in [2.05, 4.69) is 20.7 Å². The van der Waals surface area contributed by atoms with Crippen LogP contribution in [0.15, 0.2) is 33.6 Å². The smallest absolute Gasteiger partial charge is 0.308 e. The highest BCUT2D eigenvalue weighted by atomic mass is 79.9. The zero-order valence-corrected chi connectivity index (χ0v) is 13.1. The Bertz CT molecular complexity index is 625. The normalized spacial score (nSPS) is 12.4. The Kier molecular flexibility index (Phi) is 6.13. The average molecular weight is 361 g/mol. The third kappa shape index (κ3) is 4.92. The molecule has 1 atom stereocenters. The van der Waals surface area contributed by atoms with Crippen LogP contribution in [0.25, 0.3) is 0 Å². The van der Waals surface area contributed by atoms with E-state index in [1.807, 2.05) is 0 Å². The molecule has 6 nitrogen and oxygen atoms in total. The summed E-state index contributed by atoms with van der Waals surface area (Å²) in [6.07, 6.45) is -0.988. The van der Waals surface area contributed by atoms with Crippen molar-refractivity contribution in [2.45, 2.75) is 24.3 Å². The van der Waals surface area contributed by atoms with Crippen LogP contribution in [0.2, 0.25) is 0 Å². The molecule has 1 aromatic carbocycles. The number of hydrogen-bond donors (Lipinski definition) is 1. The Hall–Kier alpha value is -1.43. The number of nitrogens with zero attached hydrogens (tertiary/aromatic N) is 1. The second-order valence-electron chi connectivity index (χ2n) is 3.84. The molecular formula is C12H13BrN2O4S. The van der Waals surface area contributed by atoms with E-state index in [0.29, 0.717) is 4.47 Å². The molecule has 0 amide bonds. The van der Waals surface area contributed by atoms with Gasteiger partial charge in [0, 0.05) is 11.0 Å². The van der Waals surface area contributed by atoms with Crippen molar-refractivity contribution in [3.8, 4) is 6.07 Å². The number of rotatable bonds is 6. The van der Waals surface area contributed by atoms with Crippen molar-refractivity contribution in [2.75, 3.05) is 6.54 Å². The highest BCUT2D eigenvalue weighted by molar-refractivity contribution is 9.10. The molecule has 1 rings (SSSR count). The molecule has 8 heteroatoms. The van der Waals surface area contributed by atoms with E-state index >= 15 is 0 Å². The number of carbonyl (C=O) groups is 1. The third-order valence-electron chi connectivity index (χ3n) is 2.24. The fourth-order valence-corrected chi connectivity index (χ4v) is 3.34. The van der Waals surface area contributed by atoms with Crippen LogP contribution in [-0.2, 0) is 19.6 Å². The predicted molar refractivity (Wildman–Crippen MR) is 75.1 cm³/mol. The fourth-order valence-electron chi connectivity index (χ4n) is 1.31. The van der Waals surface area contributed by atoms with Crippen LogP contribution in [0.1, 0.15) is 13.3 Å². The topological polar surface area (TPSA) is 96.3 Å². The molecular weight excluding hydrogens is 348 g/mol. The van der Waals surface area contributed by atoms with Crippen LogP contribution in [0.5, 0.6) is 0 Å². The monoisotopic (exact) mass is 360 g/mol. The minimum atomic E-state index is -3.69. The van der Waals surface area contributed by atoms with E-state index in [1.165, 1.54) is 13.0 Å². The number of sulfonamides is 1. The lowest BCUT2D eigenvalue weighted by atomic mass is 10.4. The molecule has 0 bridgehead atoms. The number of benzene rings is 1. The second-order valence-corrected chi connectivity index (χ2v) is 6.43. The first-order valence-electron chi connectivity index (χ1n) is 5.70. The van der Waals surface area contributed by atoms with Gasteiger partial charge in [-0.15, -0.1) is 0 Å². The lowest BCUT2D eigenvalue weighted by Gasteiger charge is -2.09. The quantitative estimate of drug-likeness (QED) is 0.776. The lowest BCUT2D eigenvalue weighted by molar-refractivity contribution is -0.145. The molecule has 0 saturated heterocycles. The molecule has 0 aliphatic heterocycles. The van der Waals surface area contributed by atoms with Gasteiger partial charge in [-0.05, 0) is 35.0 Å². The van der Waals surface area contributed by atoms with E-state index < -0.39 is 22.1 Å². The first-order valence-corrected chi connectivity index (χ1v) is 7.97. The number of nitrogens with one attached hydrogen (secondary N) is 1. The summed E-state index contributed by atoms with van der Waals surface area (Å²) in [6, 6.07) is 8.10. The number of hydrogen-bond acceptors (Lipinski definition) is 5. The third-order valence-corrected chi connectivity index (χ3v) is 4.71. The molecule has 0 radical (unpaired) electrons. The molecule has 0 spiro atoms. The maximum atomic E-state index is 12.0. The van der Waals surface area contributed by atoms with Gasteiger partial charge in [0.15, 0.2) is 6.10 Å². The minimum Gasteiger partial charge on any atom is -0.447 e. The number of carbonyl (C=O) groups excluding carboxylic acids is 1. The Labute approximate surface area is 125 Å². The number of esters is 1. The van der Waals surface area contributed by atoms with Gasteiger partial charge in [0.05, 0.1) is 11.3 Å². The number of nitriles is 1. The van der Waals surface area contributed by atoms with Gasteiger partial charge >= 0.3 is 5.97 Å². The number of halogens is 1. The van der Waals surface area contributed by atoms with Crippen molar-refractivity contribution in [2.24, 2.45) is 0 Å². The largest absolute Gasteiger partial charge is 0.447 e. The van der Waals surface area contributed by atoms with Gasteiger partial charge in [-0.1, -0.05) is 12.1 Å². The number of ether oxygens (including phenoxy) is 1. The maximum Gasteiger partial charge on any atom is 0.308 e. The van der Waals surface area contributed by atoms with Crippen molar-refractivity contribution in [1.29, 1.82) is 5.26 Å². The molecule has 108 valence electrons. The molecule has 0 unspecified atom stereocenters. The minimum absolute atomic E-state index is 0.0961. The highest BCUT2D eigenvalue weighted by Crippen LogP contribution is 2.20. The van der Waals surface area contributed by atoms with Crippen molar-refractivity contribution < 1.29 is 17.9 Å². The molecule has 0 aliphatic rings. The van der Waals surface area contributed by atoms with Crippen LogP contribution in [0.4, 0.5) is 0 Å². The average Bonchev–Trinajstić information content (AvgIpc) is 2.38. The summed E-state index contributed by atoms with van der Waals surface area (Å²) in [5.74, 6) is -0.631. The van der Waals surface area contributed by atoms with Gasteiger partial charge in [-0.25, -0.2) is 13.1 Å². The standard InChI is InChI=1S/C12H13BrN2O4S/c1-9(8-14)19-12(16)6-7-15-20(17,18)11-5-3-2-4-10(11)13/h2-5,9,15H,6-7H2,1H3/t9-/m0/s1. The maximum absolute atomic E-state index is 12.0. The first-order chi connectivity index (χ1) is 9.36.